The van der Waals surface area contributed by atoms with Gasteiger partial charge in [-0.25, -0.2) is 0 Å². The van der Waals surface area contributed by atoms with Crippen LogP contribution >= 0.6 is 0 Å². The van der Waals surface area contributed by atoms with Crippen molar-refractivity contribution in [1.29, 1.82) is 0 Å². The van der Waals surface area contributed by atoms with Crippen LogP contribution in [0.2, 0.25) is 0 Å². The van der Waals surface area contributed by atoms with Crippen molar-refractivity contribution in [2.45, 2.75) is 12.3 Å². The average Bonchev–Trinajstić information content (AvgIpc) is 3.10. The molecule has 1 aliphatic rings. The fourth-order valence-corrected chi connectivity index (χ4v) is 2.59. The van der Waals surface area contributed by atoms with E-state index in [9.17, 15) is 4.79 Å². The topological polar surface area (TPSA) is 59.5 Å². The van der Waals surface area contributed by atoms with Crippen molar-refractivity contribution in [3.05, 3.63) is 54.0 Å². The summed E-state index contributed by atoms with van der Waals surface area (Å²) in [6, 6.07) is 11.3. The zero-order valence-corrected chi connectivity index (χ0v) is 10.6. The molecule has 98 valence electrons. The quantitative estimate of drug-likeness (QED) is 0.840. The van der Waals surface area contributed by atoms with E-state index in [1.165, 1.54) is 11.8 Å². The molecule has 0 bridgehead atoms. The molecule has 2 aromatic rings. The van der Waals surface area contributed by atoms with Crippen LogP contribution in [0, 0.1) is 0 Å². The molecule has 1 aliphatic heterocycles. The van der Waals surface area contributed by atoms with E-state index in [0.717, 1.165) is 25.2 Å². The van der Waals surface area contributed by atoms with Gasteiger partial charge in [0.1, 0.15) is 0 Å². The molecule has 0 radical (unpaired) electrons. The van der Waals surface area contributed by atoms with Gasteiger partial charge in [0.05, 0.1) is 6.26 Å². The number of likely N-dealkylation sites (tertiary alicyclic amines) is 1. The monoisotopic (exact) mass is 256 g/mol. The number of carbonyl (C=O) groups excluding carboxylic acids is 1. The Morgan fingerprint density at radius 1 is 1.32 bits per heavy atom. The first-order chi connectivity index (χ1) is 9.24. The molecule has 4 nitrogen and oxygen atoms in total. The first kappa shape index (κ1) is 11.8. The highest BCUT2D eigenvalue weighted by molar-refractivity contribution is 5.91. The van der Waals surface area contributed by atoms with E-state index in [1.54, 1.807) is 12.1 Å². The van der Waals surface area contributed by atoms with Crippen LogP contribution in [0.4, 0.5) is 5.69 Å². The highest BCUT2D eigenvalue weighted by Crippen LogP contribution is 2.29. The Labute approximate surface area is 111 Å². The fraction of sp³-hybridized carbons (Fsp3) is 0.267. The van der Waals surface area contributed by atoms with E-state index in [4.69, 9.17) is 10.2 Å². The molecule has 3 rings (SSSR count). The van der Waals surface area contributed by atoms with Gasteiger partial charge in [-0.3, -0.25) is 4.79 Å². The largest absolute Gasteiger partial charge is 0.459 e. The van der Waals surface area contributed by atoms with Crippen LogP contribution in [-0.4, -0.2) is 23.9 Å². The summed E-state index contributed by atoms with van der Waals surface area (Å²) in [4.78, 5) is 14.0. The summed E-state index contributed by atoms with van der Waals surface area (Å²) in [5.41, 5.74) is 7.78. The van der Waals surface area contributed by atoms with Gasteiger partial charge in [-0.1, -0.05) is 12.1 Å². The molecular weight excluding hydrogens is 240 g/mol. The van der Waals surface area contributed by atoms with Crippen LogP contribution in [0.3, 0.4) is 0 Å². The molecule has 19 heavy (non-hydrogen) atoms. The number of nitrogens with two attached hydrogens (primary N) is 1. The number of anilines is 1. The van der Waals surface area contributed by atoms with Crippen molar-refractivity contribution >= 4 is 11.6 Å². The summed E-state index contributed by atoms with van der Waals surface area (Å²) >= 11 is 0. The molecule has 1 atom stereocenters. The molecule has 1 fully saturated rings. The van der Waals surface area contributed by atoms with Crippen molar-refractivity contribution in [1.82, 2.24) is 4.90 Å². The molecule has 1 unspecified atom stereocenters. The third kappa shape index (κ3) is 2.34. The fourth-order valence-electron chi connectivity index (χ4n) is 2.59. The second-order valence-electron chi connectivity index (χ2n) is 4.88. The summed E-state index contributed by atoms with van der Waals surface area (Å²) < 4.78 is 5.16. The molecule has 0 saturated carbocycles. The van der Waals surface area contributed by atoms with Gasteiger partial charge in [-0.2, -0.15) is 0 Å². The summed E-state index contributed by atoms with van der Waals surface area (Å²) in [7, 11) is 0. The molecular formula is C15H16N2O2. The van der Waals surface area contributed by atoms with E-state index in [0.29, 0.717) is 11.7 Å². The van der Waals surface area contributed by atoms with Gasteiger partial charge in [0.15, 0.2) is 5.76 Å². The number of nitrogen functional groups attached to an aromatic ring is 1. The van der Waals surface area contributed by atoms with Crippen molar-refractivity contribution in [2.24, 2.45) is 0 Å². The number of hydrogen-bond acceptors (Lipinski definition) is 3. The van der Waals surface area contributed by atoms with Crippen LogP contribution in [0.1, 0.15) is 28.5 Å². The molecule has 2 heterocycles. The third-order valence-corrected chi connectivity index (χ3v) is 3.59. The Hall–Kier alpha value is -2.23. The Morgan fingerprint density at radius 2 is 2.21 bits per heavy atom. The van der Waals surface area contributed by atoms with Gasteiger partial charge < -0.3 is 15.1 Å². The molecule has 0 aliphatic carbocycles. The van der Waals surface area contributed by atoms with E-state index in [-0.39, 0.29) is 5.91 Å². The normalized spacial score (nSPS) is 18.7. The molecule has 0 spiro atoms. The van der Waals surface area contributed by atoms with Crippen LogP contribution < -0.4 is 5.73 Å². The zero-order valence-electron chi connectivity index (χ0n) is 10.6. The third-order valence-electron chi connectivity index (χ3n) is 3.59. The second kappa shape index (κ2) is 4.80. The van der Waals surface area contributed by atoms with Crippen molar-refractivity contribution in [3.63, 3.8) is 0 Å². The molecule has 2 N–H and O–H groups in total. The van der Waals surface area contributed by atoms with Gasteiger partial charge in [0, 0.05) is 24.7 Å². The van der Waals surface area contributed by atoms with Crippen LogP contribution in [0.25, 0.3) is 0 Å². The molecule has 4 heteroatoms. The Balaban J connectivity index is 1.72. The second-order valence-corrected chi connectivity index (χ2v) is 4.88. The number of nitrogens with zero attached hydrogens (tertiary/aromatic N) is 1. The lowest BCUT2D eigenvalue weighted by molar-refractivity contribution is 0.0759. The van der Waals surface area contributed by atoms with E-state index in [1.807, 2.05) is 23.1 Å². The number of hydrogen-bond donors (Lipinski definition) is 1. The van der Waals surface area contributed by atoms with Gasteiger partial charge in [0.25, 0.3) is 5.91 Å². The number of furan rings is 1. The summed E-state index contributed by atoms with van der Waals surface area (Å²) in [5.74, 6) is 0.743. The minimum Gasteiger partial charge on any atom is -0.459 e. The summed E-state index contributed by atoms with van der Waals surface area (Å²) in [6.07, 6.45) is 2.49. The van der Waals surface area contributed by atoms with Gasteiger partial charge in [-0.15, -0.1) is 0 Å². The maximum absolute atomic E-state index is 12.2. The van der Waals surface area contributed by atoms with Gasteiger partial charge in [-0.05, 0) is 36.2 Å². The standard InChI is InChI=1S/C15H16N2O2/c16-13-4-1-3-11(9-13)12-6-7-17(10-12)15(18)14-5-2-8-19-14/h1-5,8-9,12H,6-7,10,16H2. The molecule has 1 saturated heterocycles. The molecule has 1 aromatic carbocycles. The minimum atomic E-state index is -0.0311. The maximum atomic E-state index is 12.2. The Bertz CT molecular complexity index is 578. The minimum absolute atomic E-state index is 0.0311. The zero-order chi connectivity index (χ0) is 13.2. The van der Waals surface area contributed by atoms with E-state index < -0.39 is 0 Å². The lowest BCUT2D eigenvalue weighted by Gasteiger charge is -2.15. The summed E-state index contributed by atoms with van der Waals surface area (Å²) in [6.45, 7) is 1.49. The van der Waals surface area contributed by atoms with Gasteiger partial charge >= 0.3 is 0 Å². The Kier molecular flexibility index (Phi) is 2.99. The smallest absolute Gasteiger partial charge is 0.289 e. The van der Waals surface area contributed by atoms with Crippen molar-refractivity contribution in [2.75, 3.05) is 18.8 Å². The first-order valence-corrected chi connectivity index (χ1v) is 6.42. The first-order valence-electron chi connectivity index (χ1n) is 6.42. The lowest BCUT2D eigenvalue weighted by atomic mass is 9.98. The van der Waals surface area contributed by atoms with Crippen molar-refractivity contribution in [3.8, 4) is 0 Å². The number of carbonyl (C=O) groups is 1. The van der Waals surface area contributed by atoms with Gasteiger partial charge in [0.2, 0.25) is 0 Å². The van der Waals surface area contributed by atoms with Crippen molar-refractivity contribution < 1.29 is 9.21 Å². The SMILES string of the molecule is Nc1cccc(C2CCN(C(=O)c3ccco3)C2)c1. The summed E-state index contributed by atoms with van der Waals surface area (Å²) in [5, 5.41) is 0. The average molecular weight is 256 g/mol. The van der Waals surface area contributed by atoms with E-state index in [2.05, 4.69) is 6.07 Å². The van der Waals surface area contributed by atoms with Crippen LogP contribution in [0.5, 0.6) is 0 Å². The highest BCUT2D eigenvalue weighted by atomic mass is 16.3. The predicted octanol–water partition coefficient (Wildman–Crippen LogP) is 2.49. The highest BCUT2D eigenvalue weighted by Gasteiger charge is 2.29. The Morgan fingerprint density at radius 3 is 2.95 bits per heavy atom. The number of rotatable bonds is 2. The number of amides is 1. The number of benzene rings is 1. The van der Waals surface area contributed by atoms with E-state index >= 15 is 0 Å². The van der Waals surface area contributed by atoms with Crippen LogP contribution in [-0.2, 0) is 0 Å². The molecule has 1 aromatic heterocycles. The lowest BCUT2D eigenvalue weighted by Crippen LogP contribution is -2.28. The predicted molar refractivity (Wildman–Crippen MR) is 72.8 cm³/mol. The van der Waals surface area contributed by atoms with Crippen LogP contribution in [0.15, 0.2) is 47.1 Å². The molecule has 1 amide bonds. The maximum Gasteiger partial charge on any atom is 0.289 e.